The standard InChI is InChI=1S/C15H26N2O4/c1-3-6-13(18)17-8-5-4-7-12(17)15(21)16-10-11(2)9-14(19)20/h11-12H,3-10H2,1-2H3,(H,16,21)(H,19,20). The van der Waals surface area contributed by atoms with Crippen LogP contribution < -0.4 is 5.32 Å². The lowest BCUT2D eigenvalue weighted by Crippen LogP contribution is -2.52. The highest BCUT2D eigenvalue weighted by atomic mass is 16.4. The molecule has 1 saturated heterocycles. The van der Waals surface area contributed by atoms with Crippen molar-refractivity contribution in [2.24, 2.45) is 5.92 Å². The normalized spacial score (nSPS) is 19.9. The summed E-state index contributed by atoms with van der Waals surface area (Å²) in [7, 11) is 0. The third-order valence-electron chi connectivity index (χ3n) is 3.74. The zero-order valence-corrected chi connectivity index (χ0v) is 12.9. The van der Waals surface area contributed by atoms with E-state index in [9.17, 15) is 14.4 Å². The summed E-state index contributed by atoms with van der Waals surface area (Å²) in [5, 5.41) is 11.5. The molecule has 1 aliphatic heterocycles. The van der Waals surface area contributed by atoms with Crippen molar-refractivity contribution < 1.29 is 19.5 Å². The molecule has 0 bridgehead atoms. The quantitative estimate of drug-likeness (QED) is 0.743. The molecule has 1 fully saturated rings. The van der Waals surface area contributed by atoms with E-state index in [0.717, 1.165) is 19.3 Å². The van der Waals surface area contributed by atoms with Crippen LogP contribution in [0.3, 0.4) is 0 Å². The fraction of sp³-hybridized carbons (Fsp3) is 0.800. The molecule has 0 spiro atoms. The molecular weight excluding hydrogens is 272 g/mol. The Morgan fingerprint density at radius 2 is 2.05 bits per heavy atom. The summed E-state index contributed by atoms with van der Waals surface area (Å²) >= 11 is 0. The highest BCUT2D eigenvalue weighted by Gasteiger charge is 2.31. The van der Waals surface area contributed by atoms with Crippen LogP contribution >= 0.6 is 0 Å². The topological polar surface area (TPSA) is 86.7 Å². The smallest absolute Gasteiger partial charge is 0.303 e. The number of carboxylic acids is 1. The lowest BCUT2D eigenvalue weighted by molar-refractivity contribution is -0.142. The van der Waals surface area contributed by atoms with E-state index in [1.165, 1.54) is 0 Å². The highest BCUT2D eigenvalue weighted by Crippen LogP contribution is 2.18. The van der Waals surface area contributed by atoms with Crippen LogP contribution in [0.2, 0.25) is 0 Å². The first kappa shape index (κ1) is 17.5. The molecule has 2 N–H and O–H groups in total. The van der Waals surface area contributed by atoms with Crippen LogP contribution in [0.4, 0.5) is 0 Å². The number of rotatable bonds is 7. The largest absolute Gasteiger partial charge is 0.481 e. The molecule has 0 saturated carbocycles. The number of carbonyl (C=O) groups is 3. The van der Waals surface area contributed by atoms with Gasteiger partial charge in [-0.25, -0.2) is 0 Å². The number of hydrogen-bond donors (Lipinski definition) is 2. The molecule has 1 aliphatic rings. The van der Waals surface area contributed by atoms with Crippen molar-refractivity contribution in [2.45, 2.75) is 58.4 Å². The van der Waals surface area contributed by atoms with Crippen LogP contribution in [-0.4, -0.2) is 46.9 Å². The SMILES string of the molecule is CCCC(=O)N1CCCCC1C(=O)NCC(C)CC(=O)O. The Kier molecular flexibility index (Phi) is 7.19. The zero-order valence-electron chi connectivity index (χ0n) is 12.9. The van der Waals surface area contributed by atoms with Gasteiger partial charge in [0.25, 0.3) is 0 Å². The Morgan fingerprint density at radius 3 is 2.67 bits per heavy atom. The predicted octanol–water partition coefficient (Wildman–Crippen LogP) is 1.39. The summed E-state index contributed by atoms with van der Waals surface area (Å²) in [6, 6.07) is -0.394. The van der Waals surface area contributed by atoms with Crippen molar-refractivity contribution in [3.8, 4) is 0 Å². The summed E-state index contributed by atoms with van der Waals surface area (Å²) in [4.78, 5) is 36.6. The van der Waals surface area contributed by atoms with Gasteiger partial charge in [-0.15, -0.1) is 0 Å². The van der Waals surface area contributed by atoms with E-state index >= 15 is 0 Å². The number of likely N-dealkylation sites (tertiary alicyclic amines) is 1. The maximum atomic E-state index is 12.3. The van der Waals surface area contributed by atoms with Gasteiger partial charge in [0.2, 0.25) is 11.8 Å². The van der Waals surface area contributed by atoms with Crippen molar-refractivity contribution >= 4 is 17.8 Å². The van der Waals surface area contributed by atoms with Crippen LogP contribution in [0, 0.1) is 5.92 Å². The Bertz CT molecular complexity index is 384. The third kappa shape index (κ3) is 5.73. The van der Waals surface area contributed by atoms with E-state index < -0.39 is 12.0 Å². The second-order valence-corrected chi connectivity index (χ2v) is 5.80. The highest BCUT2D eigenvalue weighted by molar-refractivity contribution is 5.87. The average molecular weight is 298 g/mol. The lowest BCUT2D eigenvalue weighted by Gasteiger charge is -2.35. The Hall–Kier alpha value is -1.59. The van der Waals surface area contributed by atoms with E-state index in [4.69, 9.17) is 5.11 Å². The van der Waals surface area contributed by atoms with E-state index in [1.807, 2.05) is 6.92 Å². The monoisotopic (exact) mass is 298 g/mol. The van der Waals surface area contributed by atoms with Gasteiger partial charge < -0.3 is 15.3 Å². The molecule has 0 aromatic rings. The second kappa shape index (κ2) is 8.64. The van der Waals surface area contributed by atoms with Crippen LogP contribution in [-0.2, 0) is 14.4 Å². The van der Waals surface area contributed by atoms with Gasteiger partial charge in [-0.3, -0.25) is 14.4 Å². The maximum absolute atomic E-state index is 12.3. The van der Waals surface area contributed by atoms with Crippen molar-refractivity contribution in [2.75, 3.05) is 13.1 Å². The number of piperidine rings is 1. The molecule has 0 radical (unpaired) electrons. The van der Waals surface area contributed by atoms with Crippen molar-refractivity contribution in [3.05, 3.63) is 0 Å². The minimum absolute atomic E-state index is 0.0312. The molecule has 1 heterocycles. The van der Waals surface area contributed by atoms with Gasteiger partial charge in [-0.1, -0.05) is 13.8 Å². The molecule has 6 heteroatoms. The zero-order chi connectivity index (χ0) is 15.8. The maximum Gasteiger partial charge on any atom is 0.303 e. The third-order valence-corrected chi connectivity index (χ3v) is 3.74. The molecule has 2 amide bonds. The number of carboxylic acid groups (broad SMARTS) is 1. The van der Waals surface area contributed by atoms with Crippen LogP contribution in [0.5, 0.6) is 0 Å². The second-order valence-electron chi connectivity index (χ2n) is 5.80. The first-order chi connectivity index (χ1) is 9.95. The summed E-state index contributed by atoms with van der Waals surface area (Å²) < 4.78 is 0. The van der Waals surface area contributed by atoms with Gasteiger partial charge >= 0.3 is 5.97 Å². The number of amides is 2. The average Bonchev–Trinajstić information content (AvgIpc) is 2.44. The summed E-state index contributed by atoms with van der Waals surface area (Å²) in [6.45, 7) is 4.71. The molecule has 2 unspecified atom stereocenters. The summed E-state index contributed by atoms with van der Waals surface area (Å²) in [5.74, 6) is -1.10. The molecule has 0 aromatic carbocycles. The van der Waals surface area contributed by atoms with E-state index in [-0.39, 0.29) is 24.2 Å². The Morgan fingerprint density at radius 1 is 1.33 bits per heavy atom. The van der Waals surface area contributed by atoms with E-state index in [2.05, 4.69) is 5.32 Å². The number of carbonyl (C=O) groups excluding carboxylic acids is 2. The summed E-state index contributed by atoms with van der Waals surface area (Å²) in [6.07, 6.45) is 3.85. The van der Waals surface area contributed by atoms with Gasteiger partial charge in [0, 0.05) is 25.9 Å². The molecule has 6 nitrogen and oxygen atoms in total. The number of aliphatic carboxylic acids is 1. The first-order valence-corrected chi connectivity index (χ1v) is 7.74. The molecular formula is C15H26N2O4. The van der Waals surface area contributed by atoms with Crippen LogP contribution in [0.1, 0.15) is 52.4 Å². The van der Waals surface area contributed by atoms with E-state index in [1.54, 1.807) is 11.8 Å². The lowest BCUT2D eigenvalue weighted by atomic mass is 10.00. The van der Waals surface area contributed by atoms with Gasteiger partial charge in [0.1, 0.15) is 6.04 Å². The number of nitrogens with one attached hydrogen (secondary N) is 1. The molecule has 0 aromatic heterocycles. The number of hydrogen-bond acceptors (Lipinski definition) is 3. The van der Waals surface area contributed by atoms with Gasteiger partial charge in [0.05, 0.1) is 0 Å². The molecule has 21 heavy (non-hydrogen) atoms. The van der Waals surface area contributed by atoms with Crippen molar-refractivity contribution in [1.29, 1.82) is 0 Å². The molecule has 0 aliphatic carbocycles. The number of nitrogens with zero attached hydrogens (tertiary/aromatic N) is 1. The molecule has 1 rings (SSSR count). The van der Waals surface area contributed by atoms with Gasteiger partial charge in [-0.05, 0) is 31.6 Å². The predicted molar refractivity (Wildman–Crippen MR) is 78.7 cm³/mol. The van der Waals surface area contributed by atoms with Crippen LogP contribution in [0.25, 0.3) is 0 Å². The van der Waals surface area contributed by atoms with Gasteiger partial charge in [0.15, 0.2) is 0 Å². The molecule has 2 atom stereocenters. The Labute approximate surface area is 125 Å². The van der Waals surface area contributed by atoms with Gasteiger partial charge in [-0.2, -0.15) is 0 Å². The minimum atomic E-state index is -0.867. The van der Waals surface area contributed by atoms with Crippen LogP contribution in [0.15, 0.2) is 0 Å². The fourth-order valence-electron chi connectivity index (χ4n) is 2.62. The first-order valence-electron chi connectivity index (χ1n) is 7.74. The fourth-order valence-corrected chi connectivity index (χ4v) is 2.62. The molecule has 120 valence electrons. The Balaban J connectivity index is 2.52. The van der Waals surface area contributed by atoms with Crippen molar-refractivity contribution in [1.82, 2.24) is 10.2 Å². The summed E-state index contributed by atoms with van der Waals surface area (Å²) in [5.41, 5.74) is 0. The van der Waals surface area contributed by atoms with E-state index in [0.29, 0.717) is 25.9 Å². The minimum Gasteiger partial charge on any atom is -0.481 e. The van der Waals surface area contributed by atoms with Crippen molar-refractivity contribution in [3.63, 3.8) is 0 Å².